The van der Waals surface area contributed by atoms with Crippen molar-refractivity contribution in [3.05, 3.63) is 153 Å². The van der Waals surface area contributed by atoms with Crippen molar-refractivity contribution in [2.24, 2.45) is 0 Å². The number of nitrogens with two attached hydrogens (primary N) is 2. The first-order valence-corrected chi connectivity index (χ1v) is 20.9. The van der Waals surface area contributed by atoms with Gasteiger partial charge in [-0.3, -0.25) is 23.5 Å². The number of rotatable bonds is 7. The molecule has 9 aromatic rings. The molecule has 0 unspecified atom stereocenters. The SMILES string of the molecule is Nc1nc(N2CCC[C@H]2c2nc3ccc(-c4cccc(-n5c([C@@H]6CCCN6C(=O)c6nccnc6N)nc6cccc(F)c6c5=O)c4)c(F)c3c(=O)n2-c2ccccc2)c2[nH]cnc2n1. The summed E-state index contributed by atoms with van der Waals surface area (Å²) < 4.78 is 35.6. The Hall–Kier alpha value is -8.48. The summed E-state index contributed by atoms with van der Waals surface area (Å²) in [6.07, 6.45) is 6.59. The molecule has 4 aromatic carbocycles. The van der Waals surface area contributed by atoms with E-state index >= 15 is 8.78 Å². The third kappa shape index (κ3) is 6.41. The van der Waals surface area contributed by atoms with E-state index in [-0.39, 0.29) is 56.3 Å². The first-order chi connectivity index (χ1) is 31.7. The molecule has 17 nitrogen and oxygen atoms in total. The molecule has 0 aliphatic carbocycles. The van der Waals surface area contributed by atoms with Gasteiger partial charge >= 0.3 is 0 Å². The highest BCUT2D eigenvalue weighted by atomic mass is 19.1. The van der Waals surface area contributed by atoms with Crippen molar-refractivity contribution in [1.82, 2.24) is 53.9 Å². The molecule has 322 valence electrons. The first-order valence-electron chi connectivity index (χ1n) is 20.9. The van der Waals surface area contributed by atoms with Crippen molar-refractivity contribution in [3.63, 3.8) is 0 Å². The fourth-order valence-electron chi connectivity index (χ4n) is 9.28. The van der Waals surface area contributed by atoms with Crippen LogP contribution in [0.2, 0.25) is 0 Å². The van der Waals surface area contributed by atoms with E-state index in [4.69, 9.17) is 21.4 Å². The second kappa shape index (κ2) is 15.4. The van der Waals surface area contributed by atoms with Crippen molar-refractivity contribution < 1.29 is 13.6 Å². The number of para-hydroxylation sites is 1. The molecule has 2 aliphatic rings. The summed E-state index contributed by atoms with van der Waals surface area (Å²) in [5, 5.41) is -0.503. The van der Waals surface area contributed by atoms with Crippen LogP contribution in [0.4, 0.5) is 26.4 Å². The zero-order valence-corrected chi connectivity index (χ0v) is 34.3. The second-order valence-corrected chi connectivity index (χ2v) is 15.9. The lowest BCUT2D eigenvalue weighted by atomic mass is 10.0. The van der Waals surface area contributed by atoms with Crippen LogP contribution in [0.1, 0.15) is 59.9 Å². The highest BCUT2D eigenvalue weighted by Crippen LogP contribution is 2.39. The second-order valence-electron chi connectivity index (χ2n) is 15.9. The number of nitrogens with zero attached hydrogens (tertiary/aromatic N) is 11. The average molecular weight is 871 g/mol. The summed E-state index contributed by atoms with van der Waals surface area (Å²) in [7, 11) is 0. The van der Waals surface area contributed by atoms with Gasteiger partial charge < -0.3 is 26.3 Å². The number of fused-ring (bicyclic) bond motifs is 3. The molecule has 2 fully saturated rings. The maximum Gasteiger partial charge on any atom is 0.276 e. The van der Waals surface area contributed by atoms with Crippen LogP contribution in [0.25, 0.3) is 55.5 Å². The van der Waals surface area contributed by atoms with Gasteiger partial charge in [0.15, 0.2) is 23.0 Å². The van der Waals surface area contributed by atoms with Crippen molar-refractivity contribution >= 4 is 56.5 Å². The van der Waals surface area contributed by atoms with Crippen LogP contribution in [0.5, 0.6) is 0 Å². The molecule has 5 aromatic heterocycles. The van der Waals surface area contributed by atoms with E-state index in [1.165, 1.54) is 57.0 Å². The molecule has 65 heavy (non-hydrogen) atoms. The number of H-pyrrole nitrogens is 1. The van der Waals surface area contributed by atoms with Crippen molar-refractivity contribution in [2.45, 2.75) is 37.8 Å². The highest BCUT2D eigenvalue weighted by Gasteiger charge is 2.37. The van der Waals surface area contributed by atoms with Crippen LogP contribution < -0.4 is 27.5 Å². The fraction of sp³-hybridized carbons (Fsp3) is 0.174. The van der Waals surface area contributed by atoms with Gasteiger partial charge in [-0.1, -0.05) is 36.4 Å². The first kappa shape index (κ1) is 39.4. The minimum Gasteiger partial charge on any atom is -0.382 e. The number of amides is 1. The van der Waals surface area contributed by atoms with Gasteiger partial charge in [0.25, 0.3) is 17.0 Å². The zero-order valence-electron chi connectivity index (χ0n) is 34.3. The van der Waals surface area contributed by atoms with Crippen molar-refractivity contribution in [2.75, 3.05) is 29.5 Å². The van der Waals surface area contributed by atoms with Crippen molar-refractivity contribution in [3.8, 4) is 22.5 Å². The number of anilines is 3. The number of carbonyl (C=O) groups is 1. The number of nitrogens with one attached hydrogen (secondary N) is 1. The number of hydrogen-bond acceptors (Lipinski definition) is 13. The molecule has 2 aliphatic heterocycles. The number of carbonyl (C=O) groups excluding carboxylic acids is 1. The molecular formula is C46H36F2N14O3. The molecule has 7 heterocycles. The third-order valence-corrected chi connectivity index (χ3v) is 12.2. The molecule has 11 rings (SSSR count). The molecule has 1 amide bonds. The summed E-state index contributed by atoms with van der Waals surface area (Å²) in [6, 6.07) is 21.5. The third-order valence-electron chi connectivity index (χ3n) is 12.2. The molecule has 0 bridgehead atoms. The number of likely N-dealkylation sites (tertiary alicyclic amines) is 1. The summed E-state index contributed by atoms with van der Waals surface area (Å²) in [5.74, 6) is -1.06. The average Bonchev–Trinajstić information content (AvgIpc) is 4.11. The molecule has 2 saturated heterocycles. The van der Waals surface area contributed by atoms with Gasteiger partial charge in [-0.25, -0.2) is 33.7 Å². The van der Waals surface area contributed by atoms with Crippen LogP contribution in [0.3, 0.4) is 0 Å². The predicted octanol–water partition coefficient (Wildman–Crippen LogP) is 5.97. The number of aromatic nitrogens is 10. The van der Waals surface area contributed by atoms with Crippen LogP contribution in [-0.2, 0) is 0 Å². The van der Waals surface area contributed by atoms with Crippen LogP contribution in [-0.4, -0.2) is 72.9 Å². The number of halogens is 2. The van der Waals surface area contributed by atoms with E-state index in [2.05, 4.69) is 29.9 Å². The molecule has 0 saturated carbocycles. The summed E-state index contributed by atoms with van der Waals surface area (Å²) in [4.78, 5) is 81.2. The largest absolute Gasteiger partial charge is 0.382 e. The standard InChI is InChI=1S/C46H36F2N14O3/c47-28-12-5-13-29-33(28)43(63)62(41(55-29)32-15-7-21-60(32)45(65)36-38(49)52-19-18-51-36)26-11-4-8-24(22-26)27-16-17-30-34(35(27)48)44(64)61(25-9-2-1-3-10-25)40(56-30)31-14-6-20-59(31)42-37-39(54-23-53-37)57-46(50)58-42/h1-5,8-13,16-19,22-23,31-32H,6-7,14-15,20-21H2,(H2,49,52)(H3,50,53,54,57,58)/t31-,32-/m0/s1. The molecule has 5 N–H and O–H groups in total. The summed E-state index contributed by atoms with van der Waals surface area (Å²) >= 11 is 0. The van der Waals surface area contributed by atoms with Gasteiger partial charge in [0.2, 0.25) is 5.95 Å². The van der Waals surface area contributed by atoms with Gasteiger partial charge in [0.1, 0.15) is 39.6 Å². The summed E-state index contributed by atoms with van der Waals surface area (Å²) in [6.45, 7) is 0.870. The molecule has 0 spiro atoms. The van der Waals surface area contributed by atoms with E-state index in [0.29, 0.717) is 66.4 Å². The topological polar surface area (TPSA) is 226 Å². The molecule has 0 radical (unpaired) electrons. The van der Waals surface area contributed by atoms with E-state index in [0.717, 1.165) is 6.42 Å². The predicted molar refractivity (Wildman–Crippen MR) is 238 cm³/mol. The van der Waals surface area contributed by atoms with Gasteiger partial charge in [0, 0.05) is 31.0 Å². The lowest BCUT2D eigenvalue weighted by Gasteiger charge is -2.28. The van der Waals surface area contributed by atoms with Gasteiger partial charge in [-0.2, -0.15) is 9.97 Å². The smallest absolute Gasteiger partial charge is 0.276 e. The lowest BCUT2D eigenvalue weighted by molar-refractivity contribution is 0.0723. The quantitative estimate of drug-likeness (QED) is 0.168. The minimum absolute atomic E-state index is 0.0422. The minimum atomic E-state index is -0.830. The van der Waals surface area contributed by atoms with Gasteiger partial charge in [0.05, 0.1) is 40.8 Å². The Labute approximate surface area is 366 Å². The fourth-order valence-corrected chi connectivity index (χ4v) is 9.28. The van der Waals surface area contributed by atoms with Crippen LogP contribution in [0, 0.1) is 11.6 Å². The molecule has 19 heteroatoms. The monoisotopic (exact) mass is 870 g/mol. The number of aromatic amines is 1. The van der Waals surface area contributed by atoms with Crippen molar-refractivity contribution in [1.29, 1.82) is 0 Å². The number of hydrogen-bond donors (Lipinski definition) is 3. The Morgan fingerprint density at radius 2 is 1.42 bits per heavy atom. The van der Waals surface area contributed by atoms with Crippen LogP contribution in [0.15, 0.2) is 113 Å². The maximum absolute atomic E-state index is 17.4. The summed E-state index contributed by atoms with van der Waals surface area (Å²) in [5.41, 5.74) is 13.1. The zero-order chi connectivity index (χ0) is 44.5. The Kier molecular flexibility index (Phi) is 9.33. The van der Waals surface area contributed by atoms with Gasteiger partial charge in [-0.15, -0.1) is 0 Å². The Bertz CT molecular complexity index is 3520. The van der Waals surface area contributed by atoms with E-state index in [1.807, 2.05) is 11.0 Å². The molecular weight excluding hydrogens is 835 g/mol. The Morgan fingerprint density at radius 3 is 2.25 bits per heavy atom. The number of imidazole rings is 1. The number of nitrogen functional groups attached to an aromatic ring is 2. The Morgan fingerprint density at radius 1 is 0.708 bits per heavy atom. The van der Waals surface area contributed by atoms with E-state index in [9.17, 15) is 14.4 Å². The molecule has 2 atom stereocenters. The number of benzene rings is 4. The van der Waals surface area contributed by atoms with Gasteiger partial charge in [-0.05, 0) is 79.8 Å². The van der Waals surface area contributed by atoms with Crippen LogP contribution >= 0.6 is 0 Å². The van der Waals surface area contributed by atoms with E-state index in [1.54, 1.807) is 54.6 Å². The maximum atomic E-state index is 17.4. The normalized spacial score (nSPS) is 16.3. The highest BCUT2D eigenvalue weighted by molar-refractivity contribution is 5.96. The van der Waals surface area contributed by atoms with E-state index < -0.39 is 40.7 Å². The Balaban J connectivity index is 1.06. The lowest BCUT2D eigenvalue weighted by Crippen LogP contribution is -2.36.